The van der Waals surface area contributed by atoms with Gasteiger partial charge in [-0.3, -0.25) is 9.80 Å². The lowest BCUT2D eigenvalue weighted by molar-refractivity contribution is 0.0268. The third-order valence-electron chi connectivity index (χ3n) is 4.45. The Morgan fingerprint density at radius 3 is 1.61 bits per heavy atom. The van der Waals surface area contributed by atoms with Crippen LogP contribution in [0.5, 0.6) is 0 Å². The van der Waals surface area contributed by atoms with Crippen molar-refractivity contribution in [3.63, 3.8) is 0 Å². The van der Waals surface area contributed by atoms with Crippen molar-refractivity contribution in [1.82, 2.24) is 9.80 Å². The Bertz CT molecular complexity index is 544. The second-order valence-corrected chi connectivity index (χ2v) is 7.28. The molecule has 0 amide bonds. The maximum atomic E-state index is 12.3. The predicted octanol–water partition coefficient (Wildman–Crippen LogP) is 4.16. The van der Waals surface area contributed by atoms with Gasteiger partial charge >= 0.3 is 11.9 Å². The fourth-order valence-electron chi connectivity index (χ4n) is 2.67. The highest BCUT2D eigenvalue weighted by molar-refractivity contribution is 5.95. The van der Waals surface area contributed by atoms with Gasteiger partial charge in [0, 0.05) is 13.1 Å². The molecule has 158 valence electrons. The van der Waals surface area contributed by atoms with E-state index >= 15 is 0 Å². The van der Waals surface area contributed by atoms with Crippen molar-refractivity contribution in [2.45, 2.75) is 52.4 Å². The first-order valence-electron chi connectivity index (χ1n) is 10.3. The van der Waals surface area contributed by atoms with Crippen LogP contribution in [-0.4, -0.2) is 62.4 Å². The van der Waals surface area contributed by atoms with E-state index < -0.39 is 11.9 Å². The second kappa shape index (κ2) is 14.1. The molecular formula is C22H36N2O4. The molecule has 1 aromatic carbocycles. The van der Waals surface area contributed by atoms with Crippen LogP contribution in [0.2, 0.25) is 0 Å². The number of hydrogen-bond donors (Lipinski definition) is 0. The molecule has 0 N–H and O–H groups in total. The van der Waals surface area contributed by atoms with Crippen LogP contribution in [0.25, 0.3) is 0 Å². The number of esters is 2. The molecule has 1 rings (SSSR count). The van der Waals surface area contributed by atoms with Crippen LogP contribution in [0.4, 0.5) is 0 Å². The van der Waals surface area contributed by atoms with Gasteiger partial charge in [0.25, 0.3) is 0 Å². The van der Waals surface area contributed by atoms with Crippen LogP contribution in [-0.2, 0) is 9.47 Å². The zero-order valence-corrected chi connectivity index (χ0v) is 17.9. The Kier molecular flexibility index (Phi) is 12.2. The van der Waals surface area contributed by atoms with E-state index in [1.807, 2.05) is 23.9 Å². The highest BCUT2D eigenvalue weighted by atomic mass is 16.5. The number of ether oxygens (including phenoxy) is 2. The Morgan fingerprint density at radius 2 is 1.21 bits per heavy atom. The van der Waals surface area contributed by atoms with Crippen LogP contribution in [0.1, 0.15) is 73.1 Å². The minimum absolute atomic E-state index is 0.236. The molecule has 0 aromatic heterocycles. The summed E-state index contributed by atoms with van der Waals surface area (Å²) in [5, 5.41) is 0. The van der Waals surface area contributed by atoms with Gasteiger partial charge in [-0.1, -0.05) is 45.6 Å². The molecule has 28 heavy (non-hydrogen) atoms. The van der Waals surface area contributed by atoms with Crippen molar-refractivity contribution in [3.05, 3.63) is 35.4 Å². The molecule has 0 heterocycles. The topological polar surface area (TPSA) is 59.1 Å². The molecule has 1 aromatic rings. The number of rotatable bonds is 14. The highest BCUT2D eigenvalue weighted by Gasteiger charge is 2.14. The molecule has 0 radical (unpaired) electrons. The summed E-state index contributed by atoms with van der Waals surface area (Å²) < 4.78 is 10.7. The number of carbonyl (C=O) groups excluding carboxylic acids is 2. The van der Waals surface area contributed by atoms with Crippen LogP contribution >= 0.6 is 0 Å². The minimum atomic E-state index is -0.436. The maximum absolute atomic E-state index is 12.3. The molecule has 0 spiro atoms. The summed E-state index contributed by atoms with van der Waals surface area (Å²) in [5.41, 5.74) is 0.709. The molecular weight excluding hydrogens is 356 g/mol. The van der Waals surface area contributed by atoms with Gasteiger partial charge in [-0.05, 0) is 45.1 Å². The van der Waals surface area contributed by atoms with Crippen molar-refractivity contribution >= 4 is 11.9 Å². The van der Waals surface area contributed by atoms with Gasteiger partial charge in [0.05, 0.1) is 11.1 Å². The van der Waals surface area contributed by atoms with Gasteiger partial charge < -0.3 is 9.47 Å². The largest absolute Gasteiger partial charge is 0.446 e. The first kappa shape index (κ1) is 24.1. The highest BCUT2D eigenvalue weighted by Crippen LogP contribution is 2.09. The van der Waals surface area contributed by atoms with Crippen molar-refractivity contribution < 1.29 is 19.1 Å². The Balaban J connectivity index is 2.46. The number of hydrogen-bond acceptors (Lipinski definition) is 6. The van der Waals surface area contributed by atoms with E-state index in [0.29, 0.717) is 11.1 Å². The third kappa shape index (κ3) is 9.85. The number of unbranched alkanes of at least 4 members (excludes halogenated alkanes) is 4. The summed E-state index contributed by atoms with van der Waals surface area (Å²) in [6.45, 7) is 6.56. The molecule has 0 bridgehead atoms. The first-order valence-corrected chi connectivity index (χ1v) is 10.3. The van der Waals surface area contributed by atoms with Crippen molar-refractivity contribution in [1.29, 1.82) is 0 Å². The number of nitrogens with zero attached hydrogens (tertiary/aromatic N) is 2. The Hall–Kier alpha value is -1.92. The normalized spacial score (nSPS) is 11.1. The van der Waals surface area contributed by atoms with Gasteiger partial charge in [0.15, 0.2) is 0 Å². The van der Waals surface area contributed by atoms with Crippen molar-refractivity contribution in [2.75, 3.05) is 40.6 Å². The van der Waals surface area contributed by atoms with Crippen LogP contribution < -0.4 is 0 Å². The van der Waals surface area contributed by atoms with Gasteiger partial charge in [-0.15, -0.1) is 0 Å². The van der Waals surface area contributed by atoms with E-state index in [-0.39, 0.29) is 13.5 Å². The lowest BCUT2D eigenvalue weighted by Crippen LogP contribution is -2.25. The molecule has 6 heteroatoms. The number of carbonyl (C=O) groups is 2. The molecule has 0 saturated carbocycles. The number of benzene rings is 1. The van der Waals surface area contributed by atoms with E-state index in [9.17, 15) is 9.59 Å². The van der Waals surface area contributed by atoms with E-state index in [1.165, 1.54) is 6.07 Å². The average molecular weight is 393 g/mol. The summed E-state index contributed by atoms with van der Waals surface area (Å²) in [6.07, 6.45) is 6.81. The van der Waals surface area contributed by atoms with Crippen molar-refractivity contribution in [2.24, 2.45) is 0 Å². The smallest absolute Gasteiger partial charge is 0.339 e. The van der Waals surface area contributed by atoms with E-state index in [2.05, 4.69) is 13.8 Å². The van der Waals surface area contributed by atoms with Gasteiger partial charge in [0.2, 0.25) is 0 Å². The van der Waals surface area contributed by atoms with Crippen LogP contribution in [0.15, 0.2) is 24.3 Å². The summed E-state index contributed by atoms with van der Waals surface area (Å²) >= 11 is 0. The lowest BCUT2D eigenvalue weighted by atomic mass is 10.1. The minimum Gasteiger partial charge on any atom is -0.446 e. The maximum Gasteiger partial charge on any atom is 0.339 e. The molecule has 0 aliphatic rings. The molecule has 0 saturated heterocycles. The monoisotopic (exact) mass is 392 g/mol. The van der Waals surface area contributed by atoms with Crippen LogP contribution in [0, 0.1) is 0 Å². The van der Waals surface area contributed by atoms with E-state index in [4.69, 9.17) is 9.47 Å². The average Bonchev–Trinajstić information content (AvgIpc) is 2.70. The fraction of sp³-hybridized carbons (Fsp3) is 0.636. The van der Waals surface area contributed by atoms with Gasteiger partial charge in [0.1, 0.15) is 13.5 Å². The molecule has 0 atom stereocenters. The molecule has 0 fully saturated rings. The van der Waals surface area contributed by atoms with E-state index in [1.54, 1.807) is 18.2 Å². The van der Waals surface area contributed by atoms with E-state index in [0.717, 1.165) is 51.6 Å². The van der Waals surface area contributed by atoms with Gasteiger partial charge in [-0.25, -0.2) is 9.59 Å². The Morgan fingerprint density at radius 1 is 0.786 bits per heavy atom. The summed E-state index contributed by atoms with van der Waals surface area (Å²) in [4.78, 5) is 28.5. The summed E-state index contributed by atoms with van der Waals surface area (Å²) in [7, 11) is 3.85. The second-order valence-electron chi connectivity index (χ2n) is 7.28. The van der Waals surface area contributed by atoms with Crippen LogP contribution in [0.3, 0.4) is 0 Å². The molecule has 0 aliphatic heterocycles. The zero-order chi connectivity index (χ0) is 20.8. The van der Waals surface area contributed by atoms with Gasteiger partial charge in [-0.2, -0.15) is 0 Å². The van der Waals surface area contributed by atoms with Crippen molar-refractivity contribution in [3.8, 4) is 0 Å². The molecule has 6 nitrogen and oxygen atoms in total. The Labute approximate surface area is 169 Å². The summed E-state index contributed by atoms with van der Waals surface area (Å²) in [5.74, 6) is -0.873. The molecule has 0 unspecified atom stereocenters. The first-order chi connectivity index (χ1) is 13.5. The molecule has 0 aliphatic carbocycles. The standard InChI is InChI=1S/C22H36N2O4/c1-5-7-9-14-23(3)17-27-21(25)19-12-11-13-20(16-19)22(26)28-18-24(4)15-10-8-6-2/h11-13,16H,5-10,14-15,17-18H2,1-4H3. The SMILES string of the molecule is CCCCCN(C)COC(=O)c1cccc(C(=O)OCN(C)CCCCC)c1. The predicted molar refractivity (Wildman–Crippen MR) is 111 cm³/mol. The zero-order valence-electron chi connectivity index (χ0n) is 17.9. The lowest BCUT2D eigenvalue weighted by Gasteiger charge is -2.17. The summed E-state index contributed by atoms with van der Waals surface area (Å²) in [6, 6.07) is 6.49. The third-order valence-corrected chi connectivity index (χ3v) is 4.45. The fourth-order valence-corrected chi connectivity index (χ4v) is 2.67. The quantitative estimate of drug-likeness (QED) is 0.269.